The molecule has 1 rings (SSSR count). The largest absolute Gasteiger partial charge is 0.457 e. The van der Waals surface area contributed by atoms with Crippen LogP contribution in [0.15, 0.2) is 21.7 Å². The lowest BCUT2D eigenvalue weighted by atomic mass is 10.2. The van der Waals surface area contributed by atoms with Crippen LogP contribution in [0, 0.1) is 0 Å². The molecule has 1 heterocycles. The van der Waals surface area contributed by atoms with Gasteiger partial charge in [-0.2, -0.15) is 4.72 Å². The SMILES string of the molecule is CC(C)(C)OC(=O)COC(=O)CNS(=O)(=O)c1cccs1. The van der Waals surface area contributed by atoms with E-state index in [1.807, 2.05) is 0 Å². The molecule has 0 amide bonds. The minimum absolute atomic E-state index is 0.0995. The third-order valence-corrected chi connectivity index (χ3v) is 4.74. The van der Waals surface area contributed by atoms with Crippen LogP contribution in [-0.2, 0) is 29.1 Å². The van der Waals surface area contributed by atoms with Crippen molar-refractivity contribution in [3.63, 3.8) is 0 Å². The fourth-order valence-electron chi connectivity index (χ4n) is 1.20. The Balaban J connectivity index is 2.37. The van der Waals surface area contributed by atoms with Crippen molar-refractivity contribution in [2.24, 2.45) is 0 Å². The average molecular weight is 335 g/mol. The van der Waals surface area contributed by atoms with E-state index in [-0.39, 0.29) is 4.21 Å². The first-order chi connectivity index (χ1) is 9.60. The van der Waals surface area contributed by atoms with E-state index in [1.165, 1.54) is 6.07 Å². The normalized spacial score (nSPS) is 12.0. The molecular formula is C12H17NO6S2. The summed E-state index contributed by atoms with van der Waals surface area (Å²) in [6.07, 6.45) is 0. The van der Waals surface area contributed by atoms with Gasteiger partial charge in [0.2, 0.25) is 0 Å². The van der Waals surface area contributed by atoms with Gasteiger partial charge in [0, 0.05) is 0 Å². The van der Waals surface area contributed by atoms with Crippen LogP contribution < -0.4 is 4.72 Å². The van der Waals surface area contributed by atoms with Crippen molar-refractivity contribution in [1.82, 2.24) is 4.72 Å². The zero-order valence-electron chi connectivity index (χ0n) is 11.9. The lowest BCUT2D eigenvalue weighted by molar-refractivity contribution is -0.166. The summed E-state index contributed by atoms with van der Waals surface area (Å²) in [6.45, 7) is 3.94. The topological polar surface area (TPSA) is 98.8 Å². The molecule has 0 radical (unpaired) electrons. The van der Waals surface area contributed by atoms with Crippen LogP contribution in [0.4, 0.5) is 0 Å². The molecule has 118 valence electrons. The Labute approximate surface area is 127 Å². The zero-order valence-corrected chi connectivity index (χ0v) is 13.5. The quantitative estimate of drug-likeness (QED) is 0.776. The monoisotopic (exact) mass is 335 g/mol. The van der Waals surface area contributed by atoms with Crippen molar-refractivity contribution in [2.45, 2.75) is 30.6 Å². The van der Waals surface area contributed by atoms with Crippen LogP contribution in [-0.4, -0.2) is 39.1 Å². The summed E-state index contributed by atoms with van der Waals surface area (Å²) in [7, 11) is -3.73. The number of carbonyl (C=O) groups is 2. The minimum Gasteiger partial charge on any atom is -0.457 e. The maximum atomic E-state index is 11.7. The summed E-state index contributed by atoms with van der Waals surface area (Å²) in [4.78, 5) is 22.7. The van der Waals surface area contributed by atoms with Crippen molar-refractivity contribution >= 4 is 33.3 Å². The van der Waals surface area contributed by atoms with Gasteiger partial charge >= 0.3 is 11.9 Å². The van der Waals surface area contributed by atoms with E-state index in [0.717, 1.165) is 11.3 Å². The van der Waals surface area contributed by atoms with E-state index in [4.69, 9.17) is 4.74 Å². The summed E-state index contributed by atoms with van der Waals surface area (Å²) in [5.74, 6) is -1.56. The highest BCUT2D eigenvalue weighted by atomic mass is 32.2. The first-order valence-corrected chi connectivity index (χ1v) is 8.37. The van der Waals surface area contributed by atoms with Gasteiger partial charge in [-0.05, 0) is 32.2 Å². The molecule has 9 heteroatoms. The highest BCUT2D eigenvalue weighted by Crippen LogP contribution is 2.14. The van der Waals surface area contributed by atoms with Crippen molar-refractivity contribution in [2.75, 3.05) is 13.2 Å². The van der Waals surface area contributed by atoms with E-state index < -0.39 is 40.7 Å². The molecule has 7 nitrogen and oxygen atoms in total. The molecule has 0 saturated heterocycles. The fourth-order valence-corrected chi connectivity index (χ4v) is 3.21. The number of esters is 2. The van der Waals surface area contributed by atoms with Crippen LogP contribution >= 0.6 is 11.3 Å². The highest BCUT2D eigenvalue weighted by molar-refractivity contribution is 7.91. The molecule has 0 fully saturated rings. The summed E-state index contributed by atoms with van der Waals surface area (Å²) in [6, 6.07) is 3.00. The Morgan fingerprint density at radius 1 is 1.29 bits per heavy atom. The lowest BCUT2D eigenvalue weighted by Crippen LogP contribution is -2.32. The van der Waals surface area contributed by atoms with E-state index in [2.05, 4.69) is 9.46 Å². The Bertz CT molecular complexity index is 586. The third-order valence-electron chi connectivity index (χ3n) is 1.94. The van der Waals surface area contributed by atoms with Gasteiger partial charge in [0.15, 0.2) is 6.61 Å². The summed E-state index contributed by atoms with van der Waals surface area (Å²) >= 11 is 1.03. The predicted octanol–water partition coefficient (Wildman–Crippen LogP) is 0.911. The number of carbonyl (C=O) groups excluding carboxylic acids is 2. The van der Waals surface area contributed by atoms with Crippen LogP contribution in [0.3, 0.4) is 0 Å². The number of rotatable bonds is 6. The summed E-state index contributed by atoms with van der Waals surface area (Å²) < 4.78 is 35.2. The van der Waals surface area contributed by atoms with Gasteiger partial charge in [-0.1, -0.05) is 6.07 Å². The molecule has 0 aromatic carbocycles. The zero-order chi connectivity index (χ0) is 16.1. The molecule has 0 aliphatic carbocycles. The van der Waals surface area contributed by atoms with Gasteiger partial charge in [0.1, 0.15) is 16.4 Å². The van der Waals surface area contributed by atoms with E-state index in [0.29, 0.717) is 0 Å². The maximum Gasteiger partial charge on any atom is 0.344 e. The van der Waals surface area contributed by atoms with Crippen LogP contribution in [0.1, 0.15) is 20.8 Å². The molecule has 1 aromatic rings. The fraction of sp³-hybridized carbons (Fsp3) is 0.500. The number of hydrogen-bond acceptors (Lipinski definition) is 7. The number of hydrogen-bond donors (Lipinski definition) is 1. The van der Waals surface area contributed by atoms with Crippen molar-refractivity contribution in [3.8, 4) is 0 Å². The molecule has 21 heavy (non-hydrogen) atoms. The predicted molar refractivity (Wildman–Crippen MR) is 76.3 cm³/mol. The van der Waals surface area contributed by atoms with E-state index >= 15 is 0 Å². The summed E-state index contributed by atoms with van der Waals surface area (Å²) in [5, 5.41) is 1.61. The van der Waals surface area contributed by atoms with Crippen LogP contribution in [0.25, 0.3) is 0 Å². The Morgan fingerprint density at radius 3 is 2.48 bits per heavy atom. The Hall–Kier alpha value is -1.45. The molecule has 1 aromatic heterocycles. The first kappa shape index (κ1) is 17.6. The second kappa shape index (κ2) is 7.01. The van der Waals surface area contributed by atoms with Gasteiger partial charge < -0.3 is 9.47 Å². The Kier molecular flexibility index (Phi) is 5.87. The molecule has 0 aliphatic rings. The smallest absolute Gasteiger partial charge is 0.344 e. The van der Waals surface area contributed by atoms with Crippen LogP contribution in [0.2, 0.25) is 0 Å². The number of sulfonamides is 1. The number of thiophene rings is 1. The molecular weight excluding hydrogens is 318 g/mol. The standard InChI is InChI=1S/C12H17NO6S2/c1-12(2,3)19-10(15)8-18-9(14)7-13-21(16,17)11-5-4-6-20-11/h4-6,13H,7-8H2,1-3H3. The molecule has 0 spiro atoms. The maximum absolute atomic E-state index is 11.7. The van der Waals surface area contributed by atoms with Gasteiger partial charge in [0.25, 0.3) is 10.0 Å². The minimum atomic E-state index is -3.73. The highest BCUT2D eigenvalue weighted by Gasteiger charge is 2.19. The number of nitrogens with one attached hydrogen (secondary N) is 1. The molecule has 0 atom stereocenters. The van der Waals surface area contributed by atoms with Crippen molar-refractivity contribution in [1.29, 1.82) is 0 Å². The first-order valence-electron chi connectivity index (χ1n) is 6.01. The summed E-state index contributed by atoms with van der Waals surface area (Å²) in [5.41, 5.74) is -0.676. The lowest BCUT2D eigenvalue weighted by Gasteiger charge is -2.19. The van der Waals surface area contributed by atoms with Crippen molar-refractivity contribution in [3.05, 3.63) is 17.5 Å². The third kappa shape index (κ3) is 6.69. The average Bonchev–Trinajstić information content (AvgIpc) is 2.86. The van der Waals surface area contributed by atoms with Gasteiger partial charge in [0.05, 0.1) is 0 Å². The van der Waals surface area contributed by atoms with Gasteiger partial charge in [-0.25, -0.2) is 13.2 Å². The van der Waals surface area contributed by atoms with Gasteiger partial charge in [-0.3, -0.25) is 4.79 Å². The number of ether oxygens (including phenoxy) is 2. The molecule has 0 unspecified atom stereocenters. The van der Waals surface area contributed by atoms with E-state index in [1.54, 1.807) is 32.2 Å². The van der Waals surface area contributed by atoms with Crippen LogP contribution in [0.5, 0.6) is 0 Å². The second-order valence-electron chi connectivity index (χ2n) is 5.00. The molecule has 0 bridgehead atoms. The van der Waals surface area contributed by atoms with Gasteiger partial charge in [-0.15, -0.1) is 11.3 Å². The molecule has 0 aliphatic heterocycles. The molecule has 1 N–H and O–H groups in total. The van der Waals surface area contributed by atoms with E-state index in [9.17, 15) is 18.0 Å². The molecule has 0 saturated carbocycles. The second-order valence-corrected chi connectivity index (χ2v) is 7.95. The van der Waals surface area contributed by atoms with Crippen molar-refractivity contribution < 1.29 is 27.5 Å². The Morgan fingerprint density at radius 2 is 1.95 bits per heavy atom.